The second-order valence-electron chi connectivity index (χ2n) is 2.09. The molecule has 4 nitrogen and oxygen atoms in total. The molecule has 1 radical (unpaired) electrons. The summed E-state index contributed by atoms with van der Waals surface area (Å²) in [6.45, 7) is 6.08. The summed E-state index contributed by atoms with van der Waals surface area (Å²) in [7, 11) is 0. The van der Waals surface area contributed by atoms with Gasteiger partial charge in [-0.15, -0.1) is 0 Å². The molecule has 0 spiro atoms. The van der Waals surface area contributed by atoms with Gasteiger partial charge in [0, 0.05) is 19.8 Å². The lowest BCUT2D eigenvalue weighted by atomic mass is 10.5. The lowest BCUT2D eigenvalue weighted by Crippen LogP contribution is -2.06. The molecule has 0 amide bonds. The second kappa shape index (κ2) is 10.4. The Balaban J connectivity index is 2.77. The van der Waals surface area contributed by atoms with Crippen molar-refractivity contribution in [1.29, 1.82) is 0 Å². The molecular weight excluding hydrogens is 160 g/mol. The summed E-state index contributed by atoms with van der Waals surface area (Å²) in [6.07, 6.45) is 0.874. The van der Waals surface area contributed by atoms with Crippen molar-refractivity contribution in [2.45, 2.75) is 13.3 Å². The fraction of sp³-hybridized carbons (Fsp3) is 0.875. The van der Waals surface area contributed by atoms with Crippen molar-refractivity contribution >= 4 is 6.47 Å². The molecule has 0 rings (SSSR count). The summed E-state index contributed by atoms with van der Waals surface area (Å²) in [5.41, 5.74) is 0. The molecule has 0 saturated carbocycles. The normalized spacial score (nSPS) is 9.75. The summed E-state index contributed by atoms with van der Waals surface area (Å²) in [5.74, 6) is 0. The molecule has 0 aliphatic heterocycles. The highest BCUT2D eigenvalue weighted by Gasteiger charge is 1.89. The fourth-order valence-electron chi connectivity index (χ4n) is 0.652. The highest BCUT2D eigenvalue weighted by Crippen LogP contribution is 1.84. The molecule has 71 valence electrons. The molecule has 0 fully saturated rings. The molecule has 0 saturated heterocycles. The number of hydrogen-bond acceptors (Lipinski definition) is 4. The average molecular weight is 175 g/mol. The smallest absolute Gasteiger partial charge is 0.417 e. The Bertz CT molecular complexity index is 95.1. The van der Waals surface area contributed by atoms with E-state index in [9.17, 15) is 4.79 Å². The topological polar surface area (TPSA) is 44.8 Å². The monoisotopic (exact) mass is 175 g/mol. The largest absolute Gasteiger partial charge is 0.455 e. The van der Waals surface area contributed by atoms with Crippen LogP contribution in [-0.2, 0) is 19.0 Å². The van der Waals surface area contributed by atoms with Crippen LogP contribution in [0.5, 0.6) is 0 Å². The van der Waals surface area contributed by atoms with Crippen molar-refractivity contribution in [3.63, 3.8) is 0 Å². The van der Waals surface area contributed by atoms with E-state index in [0.717, 1.165) is 19.6 Å². The van der Waals surface area contributed by atoms with Crippen LogP contribution in [0.1, 0.15) is 13.3 Å². The minimum atomic E-state index is 0.276. The van der Waals surface area contributed by atoms with Crippen LogP contribution in [0.25, 0.3) is 0 Å². The zero-order chi connectivity index (χ0) is 9.07. The Hall–Kier alpha value is -0.610. The van der Waals surface area contributed by atoms with Gasteiger partial charge in [-0.25, -0.2) is 4.79 Å². The molecule has 4 heteroatoms. The van der Waals surface area contributed by atoms with Gasteiger partial charge in [0.25, 0.3) is 0 Å². The molecule has 0 heterocycles. The number of ether oxygens (including phenoxy) is 3. The van der Waals surface area contributed by atoms with E-state index in [1.165, 1.54) is 6.47 Å². The van der Waals surface area contributed by atoms with E-state index in [2.05, 4.69) is 4.74 Å². The molecule has 0 unspecified atom stereocenters. The van der Waals surface area contributed by atoms with Gasteiger partial charge >= 0.3 is 6.47 Å². The first-order valence-electron chi connectivity index (χ1n) is 4.06. The van der Waals surface area contributed by atoms with Crippen molar-refractivity contribution in [3.8, 4) is 0 Å². The van der Waals surface area contributed by atoms with E-state index in [0.29, 0.717) is 13.2 Å². The standard InChI is InChI=1S/C8H15O4/c1-2-10-4-3-5-11-6-7-12-8-9/h2-7H2,1H3. The van der Waals surface area contributed by atoms with E-state index in [-0.39, 0.29) is 6.61 Å². The van der Waals surface area contributed by atoms with Crippen LogP contribution in [-0.4, -0.2) is 39.5 Å². The van der Waals surface area contributed by atoms with Gasteiger partial charge in [-0.2, -0.15) is 0 Å². The van der Waals surface area contributed by atoms with Crippen molar-refractivity contribution in [2.75, 3.05) is 33.0 Å². The van der Waals surface area contributed by atoms with Crippen LogP contribution in [0.3, 0.4) is 0 Å². The number of rotatable bonds is 9. The first kappa shape index (κ1) is 11.4. The van der Waals surface area contributed by atoms with Gasteiger partial charge < -0.3 is 14.2 Å². The maximum Gasteiger partial charge on any atom is 0.417 e. The number of hydrogen-bond donors (Lipinski definition) is 0. The van der Waals surface area contributed by atoms with Crippen molar-refractivity contribution < 1.29 is 19.0 Å². The van der Waals surface area contributed by atoms with E-state index < -0.39 is 0 Å². The minimum Gasteiger partial charge on any atom is -0.455 e. The number of carbonyl (C=O) groups excluding carboxylic acids is 1. The van der Waals surface area contributed by atoms with Gasteiger partial charge in [-0.05, 0) is 13.3 Å². The van der Waals surface area contributed by atoms with Gasteiger partial charge in [-0.3, -0.25) is 0 Å². The van der Waals surface area contributed by atoms with E-state index >= 15 is 0 Å². The molecule has 0 aliphatic carbocycles. The second-order valence-corrected chi connectivity index (χ2v) is 2.09. The molecule has 0 N–H and O–H groups in total. The maximum absolute atomic E-state index is 9.56. The molecule has 0 atom stereocenters. The fourth-order valence-corrected chi connectivity index (χ4v) is 0.652. The zero-order valence-electron chi connectivity index (χ0n) is 7.38. The zero-order valence-corrected chi connectivity index (χ0v) is 7.38. The predicted molar refractivity (Wildman–Crippen MR) is 43.6 cm³/mol. The summed E-state index contributed by atoms with van der Waals surface area (Å²) < 4.78 is 14.5. The third-order valence-corrected chi connectivity index (χ3v) is 1.17. The third-order valence-electron chi connectivity index (χ3n) is 1.17. The summed E-state index contributed by atoms with van der Waals surface area (Å²) in [4.78, 5) is 9.56. The van der Waals surface area contributed by atoms with Gasteiger partial charge in [-0.1, -0.05) is 0 Å². The van der Waals surface area contributed by atoms with Crippen molar-refractivity contribution in [1.82, 2.24) is 0 Å². The quantitative estimate of drug-likeness (QED) is 0.479. The lowest BCUT2D eigenvalue weighted by Gasteiger charge is -2.02. The van der Waals surface area contributed by atoms with Crippen LogP contribution in [0, 0.1) is 0 Å². The Labute approximate surface area is 72.8 Å². The first-order chi connectivity index (χ1) is 5.91. The lowest BCUT2D eigenvalue weighted by molar-refractivity contribution is 0.0685. The van der Waals surface area contributed by atoms with Gasteiger partial charge in [0.05, 0.1) is 6.61 Å². The maximum atomic E-state index is 9.56. The molecule has 0 aliphatic rings. The molecule has 0 bridgehead atoms. The van der Waals surface area contributed by atoms with Crippen LogP contribution < -0.4 is 0 Å². The third kappa shape index (κ3) is 9.39. The Morgan fingerprint density at radius 2 is 1.83 bits per heavy atom. The van der Waals surface area contributed by atoms with Crippen LogP contribution >= 0.6 is 0 Å². The molecular formula is C8H15O4. The molecule has 0 aromatic rings. The Kier molecular flexibility index (Phi) is 9.86. The highest BCUT2D eigenvalue weighted by molar-refractivity contribution is 5.37. The van der Waals surface area contributed by atoms with Crippen LogP contribution in [0.15, 0.2) is 0 Å². The SMILES string of the molecule is CCOCCCOCCO[C]=O. The van der Waals surface area contributed by atoms with Crippen molar-refractivity contribution in [2.24, 2.45) is 0 Å². The summed E-state index contributed by atoms with van der Waals surface area (Å²) in [5, 5.41) is 0. The van der Waals surface area contributed by atoms with Gasteiger partial charge in [0.1, 0.15) is 6.61 Å². The Morgan fingerprint density at radius 1 is 1.08 bits per heavy atom. The van der Waals surface area contributed by atoms with Crippen molar-refractivity contribution in [3.05, 3.63) is 0 Å². The molecule has 0 aromatic heterocycles. The molecule has 12 heavy (non-hydrogen) atoms. The average Bonchev–Trinajstić information content (AvgIpc) is 2.10. The molecule has 0 aromatic carbocycles. The van der Waals surface area contributed by atoms with Crippen LogP contribution in [0.2, 0.25) is 0 Å². The van der Waals surface area contributed by atoms with Crippen LogP contribution in [0.4, 0.5) is 0 Å². The summed E-state index contributed by atoms with van der Waals surface area (Å²) >= 11 is 0. The van der Waals surface area contributed by atoms with E-state index in [1.54, 1.807) is 0 Å². The van der Waals surface area contributed by atoms with Gasteiger partial charge in [0.2, 0.25) is 0 Å². The van der Waals surface area contributed by atoms with E-state index in [4.69, 9.17) is 9.47 Å². The Morgan fingerprint density at radius 3 is 2.50 bits per heavy atom. The summed E-state index contributed by atoms with van der Waals surface area (Å²) in [6, 6.07) is 0. The van der Waals surface area contributed by atoms with E-state index in [1.807, 2.05) is 6.92 Å². The minimum absolute atomic E-state index is 0.276. The van der Waals surface area contributed by atoms with Gasteiger partial charge in [0.15, 0.2) is 0 Å². The first-order valence-corrected chi connectivity index (χ1v) is 4.06. The predicted octanol–water partition coefficient (Wildman–Crippen LogP) is 0.513. The highest BCUT2D eigenvalue weighted by atomic mass is 16.5.